The van der Waals surface area contributed by atoms with Crippen molar-refractivity contribution in [3.05, 3.63) is 48.0 Å². The van der Waals surface area contributed by atoms with Crippen LogP contribution in [0.3, 0.4) is 0 Å². The Bertz CT molecular complexity index is 868. The molecule has 0 amide bonds. The zero-order valence-corrected chi connectivity index (χ0v) is 22.0. The van der Waals surface area contributed by atoms with Crippen LogP contribution >= 0.6 is 0 Å². The molecule has 0 bridgehead atoms. The molecule has 0 saturated carbocycles. The van der Waals surface area contributed by atoms with E-state index in [1.54, 1.807) is 12.1 Å². The van der Waals surface area contributed by atoms with Gasteiger partial charge >= 0.3 is 51.4 Å². The third kappa shape index (κ3) is 9.38. The van der Waals surface area contributed by atoms with Crippen molar-refractivity contribution in [1.82, 2.24) is 0 Å². The van der Waals surface area contributed by atoms with Crippen LogP contribution in [0.15, 0.2) is 47.4 Å². The summed E-state index contributed by atoms with van der Waals surface area (Å²) in [6, 6.07) is 11.3. The third-order valence-electron chi connectivity index (χ3n) is 4.94. The maximum absolute atomic E-state index is 11.9. The van der Waals surface area contributed by atoms with Crippen molar-refractivity contribution >= 4 is 10.1 Å². The second kappa shape index (κ2) is 14.6. The second-order valence-corrected chi connectivity index (χ2v) is 8.71. The van der Waals surface area contributed by atoms with Gasteiger partial charge in [0.2, 0.25) is 0 Å². The molecule has 0 heterocycles. The molecule has 0 atom stereocenters. The Balaban J connectivity index is 0.00000450. The molecule has 0 aromatic heterocycles. The van der Waals surface area contributed by atoms with E-state index < -0.39 is 20.8 Å². The first-order chi connectivity index (χ1) is 13.9. The fraction of sp³-hybridized carbons (Fsp3) is 0.478. The van der Waals surface area contributed by atoms with Gasteiger partial charge in [-0.1, -0.05) is 94.4 Å². The van der Waals surface area contributed by atoms with Crippen LogP contribution in [-0.4, -0.2) is 13.0 Å². The molecule has 5 nitrogen and oxygen atoms in total. The van der Waals surface area contributed by atoms with Crippen molar-refractivity contribution in [1.29, 1.82) is 0 Å². The summed E-state index contributed by atoms with van der Waals surface area (Å²) in [5, 5.41) is 11.9. The number of unbranched alkanes of at least 4 members (excludes halogenated alkanes) is 8. The van der Waals surface area contributed by atoms with E-state index in [0.717, 1.165) is 30.9 Å². The molecule has 0 saturated heterocycles. The van der Waals surface area contributed by atoms with E-state index in [-0.39, 0.29) is 57.1 Å². The molecule has 30 heavy (non-hydrogen) atoms. The van der Waals surface area contributed by atoms with Gasteiger partial charge in [0.15, 0.2) is 0 Å². The predicted molar refractivity (Wildman–Crippen MR) is 113 cm³/mol. The normalized spacial score (nSPS) is 11.1. The maximum Gasteiger partial charge on any atom is 1.00 e. The molecule has 0 aliphatic rings. The average molecular weight is 459 g/mol. The third-order valence-corrected chi connectivity index (χ3v) is 5.86. The molecule has 0 unspecified atom stereocenters. The van der Waals surface area contributed by atoms with Gasteiger partial charge in [-0.25, -0.2) is 0 Å². The van der Waals surface area contributed by atoms with Crippen molar-refractivity contribution in [2.45, 2.75) is 76.0 Å². The number of hydrogen-bond acceptors (Lipinski definition) is 4. The van der Waals surface area contributed by atoms with Crippen molar-refractivity contribution < 1.29 is 74.2 Å². The number of benzene rings is 2. The topological polar surface area (TPSA) is 86.7 Å². The zero-order valence-electron chi connectivity index (χ0n) is 18.1. The Morgan fingerprint density at radius 3 is 2.03 bits per heavy atom. The summed E-state index contributed by atoms with van der Waals surface area (Å²) < 4.78 is 38.3. The van der Waals surface area contributed by atoms with Gasteiger partial charge in [0.25, 0.3) is 10.1 Å². The molecule has 0 fully saturated rings. The van der Waals surface area contributed by atoms with Crippen LogP contribution in [0.4, 0.5) is 0 Å². The standard InChI is InChI=1S/C23H32O5S.K/c1-2-3-4-5-6-7-8-9-10-14-19-15-11-12-17-21(19)28-22-18-13-16-20(24)23(22)29(25,26)27;/h11-13,15-18,24H,2-10,14H2,1H3,(H,25,26,27);/q;+1/p-1. The number of rotatable bonds is 13. The Morgan fingerprint density at radius 1 is 0.833 bits per heavy atom. The SMILES string of the molecule is CCCCCCCCCCCc1ccccc1Oc1cccc([O-])c1S(=O)(=O)O.[K+]. The molecule has 0 spiro atoms. The van der Waals surface area contributed by atoms with Crippen LogP contribution in [0.25, 0.3) is 0 Å². The first kappa shape index (κ1) is 27.6. The minimum Gasteiger partial charge on any atom is -0.871 e. The Morgan fingerprint density at radius 2 is 1.40 bits per heavy atom. The first-order valence-corrected chi connectivity index (χ1v) is 11.9. The van der Waals surface area contributed by atoms with E-state index in [4.69, 9.17) is 4.74 Å². The summed E-state index contributed by atoms with van der Waals surface area (Å²) in [5.41, 5.74) is 0.952. The van der Waals surface area contributed by atoms with Crippen LogP contribution in [0.1, 0.15) is 70.3 Å². The van der Waals surface area contributed by atoms with Gasteiger partial charge in [-0.05, 0) is 30.5 Å². The minimum atomic E-state index is -4.67. The molecule has 0 radical (unpaired) electrons. The van der Waals surface area contributed by atoms with E-state index in [1.165, 1.54) is 57.1 Å². The predicted octanol–water partition coefficient (Wildman–Crippen LogP) is 2.88. The van der Waals surface area contributed by atoms with Crippen LogP contribution in [0.2, 0.25) is 0 Å². The minimum absolute atomic E-state index is 0. The molecule has 2 rings (SSSR count). The Hall–Kier alpha value is -0.414. The van der Waals surface area contributed by atoms with Crippen molar-refractivity contribution in [2.24, 2.45) is 0 Å². The molecular formula is C23H31KO5S. The molecule has 2 aromatic rings. The van der Waals surface area contributed by atoms with Gasteiger partial charge in [0.05, 0.1) is 0 Å². The average Bonchev–Trinajstić information content (AvgIpc) is 2.67. The van der Waals surface area contributed by atoms with Crippen LogP contribution < -0.4 is 61.2 Å². The fourth-order valence-electron chi connectivity index (χ4n) is 3.38. The monoisotopic (exact) mass is 458 g/mol. The molecule has 1 N–H and O–H groups in total. The fourth-order valence-corrected chi connectivity index (χ4v) is 4.07. The summed E-state index contributed by atoms with van der Waals surface area (Å²) in [4.78, 5) is -0.724. The summed E-state index contributed by atoms with van der Waals surface area (Å²) in [6.45, 7) is 2.22. The van der Waals surface area contributed by atoms with Gasteiger partial charge in [-0.15, -0.1) is 0 Å². The number of para-hydroxylation sites is 1. The van der Waals surface area contributed by atoms with Crippen LogP contribution in [0, 0.1) is 0 Å². The van der Waals surface area contributed by atoms with E-state index in [2.05, 4.69) is 6.92 Å². The van der Waals surface area contributed by atoms with Gasteiger partial charge in [0, 0.05) is 0 Å². The van der Waals surface area contributed by atoms with Crippen LogP contribution in [0.5, 0.6) is 17.2 Å². The van der Waals surface area contributed by atoms with Gasteiger partial charge in [-0.3, -0.25) is 4.55 Å². The summed E-state index contributed by atoms with van der Waals surface area (Å²) in [7, 11) is -4.67. The van der Waals surface area contributed by atoms with E-state index in [1.807, 2.05) is 12.1 Å². The number of ether oxygens (including phenoxy) is 1. The first-order valence-electron chi connectivity index (χ1n) is 10.5. The summed E-state index contributed by atoms with van der Waals surface area (Å²) >= 11 is 0. The summed E-state index contributed by atoms with van der Waals surface area (Å²) in [6.07, 6.45) is 12.0. The van der Waals surface area contributed by atoms with Gasteiger partial charge < -0.3 is 9.84 Å². The van der Waals surface area contributed by atoms with Crippen LogP contribution in [-0.2, 0) is 16.5 Å². The van der Waals surface area contributed by atoms with Crippen molar-refractivity contribution in [3.8, 4) is 17.2 Å². The van der Waals surface area contributed by atoms with Gasteiger partial charge in [-0.2, -0.15) is 8.42 Å². The molecule has 0 aliphatic heterocycles. The zero-order chi connectivity index (χ0) is 21.1. The Labute approximate surface area is 223 Å². The Kier molecular flexibility index (Phi) is 13.5. The molecule has 2 aromatic carbocycles. The maximum atomic E-state index is 11.9. The molecule has 0 aliphatic carbocycles. The van der Waals surface area contributed by atoms with E-state index in [0.29, 0.717) is 5.75 Å². The van der Waals surface area contributed by atoms with E-state index >= 15 is 0 Å². The largest absolute Gasteiger partial charge is 1.00 e. The molecular weight excluding hydrogens is 427 g/mol. The number of hydrogen-bond donors (Lipinski definition) is 1. The summed E-state index contributed by atoms with van der Waals surface area (Å²) in [5.74, 6) is -0.441. The molecule has 160 valence electrons. The smallest absolute Gasteiger partial charge is 0.871 e. The quantitative estimate of drug-likeness (QED) is 0.283. The molecule has 7 heteroatoms. The second-order valence-electron chi connectivity index (χ2n) is 7.35. The van der Waals surface area contributed by atoms with Crippen molar-refractivity contribution in [3.63, 3.8) is 0 Å². The number of aryl methyl sites for hydroxylation is 1. The van der Waals surface area contributed by atoms with Gasteiger partial charge in [0.1, 0.15) is 16.4 Å². The van der Waals surface area contributed by atoms with Crippen molar-refractivity contribution in [2.75, 3.05) is 0 Å². The van der Waals surface area contributed by atoms with E-state index in [9.17, 15) is 18.1 Å².